The van der Waals surface area contributed by atoms with E-state index in [1.165, 1.54) is 22.8 Å². The number of phenolic OH excluding ortho intramolecular Hbond substituents is 1. The zero-order chi connectivity index (χ0) is 13.3. The van der Waals surface area contributed by atoms with Gasteiger partial charge in [-0.1, -0.05) is 47.0 Å². The zero-order valence-electron chi connectivity index (χ0n) is 10.3. The van der Waals surface area contributed by atoms with Crippen LogP contribution in [0.25, 0.3) is 0 Å². The highest BCUT2D eigenvalue weighted by Crippen LogP contribution is 2.32. The van der Waals surface area contributed by atoms with E-state index in [0.717, 1.165) is 5.56 Å². The molecule has 0 saturated carbocycles. The SMILES string of the molecule is Cc1ccc(Cc2cc(Cl)cc(O)c2Cl)c(C)c1. The Hall–Kier alpha value is -1.18. The second-order valence-electron chi connectivity index (χ2n) is 4.50. The number of rotatable bonds is 2. The van der Waals surface area contributed by atoms with Crippen LogP contribution in [0.4, 0.5) is 0 Å². The molecule has 0 bridgehead atoms. The lowest BCUT2D eigenvalue weighted by Gasteiger charge is -2.10. The number of hydrogen-bond donors (Lipinski definition) is 1. The van der Waals surface area contributed by atoms with Crippen molar-refractivity contribution in [2.24, 2.45) is 0 Å². The van der Waals surface area contributed by atoms with Gasteiger partial charge in [0.15, 0.2) is 0 Å². The largest absolute Gasteiger partial charge is 0.506 e. The lowest BCUT2D eigenvalue weighted by molar-refractivity contribution is 0.475. The van der Waals surface area contributed by atoms with E-state index in [2.05, 4.69) is 32.0 Å². The van der Waals surface area contributed by atoms with Crippen molar-refractivity contribution in [3.05, 3.63) is 62.6 Å². The number of aryl methyl sites for hydroxylation is 2. The predicted molar refractivity (Wildman–Crippen MR) is 76.8 cm³/mol. The lowest BCUT2D eigenvalue weighted by Crippen LogP contribution is -1.94. The number of aromatic hydroxyl groups is 1. The van der Waals surface area contributed by atoms with Gasteiger partial charge < -0.3 is 5.11 Å². The van der Waals surface area contributed by atoms with Gasteiger partial charge in [0.2, 0.25) is 0 Å². The molecule has 0 aliphatic carbocycles. The van der Waals surface area contributed by atoms with E-state index in [-0.39, 0.29) is 5.75 Å². The molecule has 2 rings (SSSR count). The van der Waals surface area contributed by atoms with E-state index in [0.29, 0.717) is 16.5 Å². The Labute approximate surface area is 117 Å². The fourth-order valence-corrected chi connectivity index (χ4v) is 2.42. The first kappa shape index (κ1) is 13.3. The van der Waals surface area contributed by atoms with E-state index in [9.17, 15) is 5.11 Å². The highest BCUT2D eigenvalue weighted by Gasteiger charge is 2.09. The summed E-state index contributed by atoms with van der Waals surface area (Å²) in [7, 11) is 0. The molecule has 2 aromatic carbocycles. The van der Waals surface area contributed by atoms with E-state index in [1.54, 1.807) is 6.07 Å². The molecule has 0 amide bonds. The number of phenols is 1. The Balaban J connectivity index is 2.40. The molecule has 0 fully saturated rings. The maximum Gasteiger partial charge on any atom is 0.135 e. The molecule has 1 N–H and O–H groups in total. The Morgan fingerprint density at radius 1 is 1.00 bits per heavy atom. The van der Waals surface area contributed by atoms with Crippen LogP contribution in [0.2, 0.25) is 10.0 Å². The second-order valence-corrected chi connectivity index (χ2v) is 5.32. The molecule has 0 heterocycles. The highest BCUT2D eigenvalue weighted by molar-refractivity contribution is 6.34. The van der Waals surface area contributed by atoms with E-state index >= 15 is 0 Å². The van der Waals surface area contributed by atoms with Crippen molar-refractivity contribution in [2.75, 3.05) is 0 Å². The maximum absolute atomic E-state index is 9.66. The van der Waals surface area contributed by atoms with Gasteiger partial charge in [0.05, 0.1) is 5.02 Å². The van der Waals surface area contributed by atoms with Crippen LogP contribution in [0.5, 0.6) is 5.75 Å². The summed E-state index contributed by atoms with van der Waals surface area (Å²) in [4.78, 5) is 0. The molecule has 0 radical (unpaired) electrons. The van der Waals surface area contributed by atoms with Crippen molar-refractivity contribution >= 4 is 23.2 Å². The summed E-state index contributed by atoms with van der Waals surface area (Å²) >= 11 is 12.0. The first-order valence-corrected chi connectivity index (χ1v) is 6.46. The van der Waals surface area contributed by atoms with E-state index in [4.69, 9.17) is 23.2 Å². The van der Waals surface area contributed by atoms with Crippen LogP contribution in [-0.4, -0.2) is 5.11 Å². The monoisotopic (exact) mass is 280 g/mol. The molecule has 1 nitrogen and oxygen atoms in total. The van der Waals surface area contributed by atoms with Crippen LogP contribution in [0.3, 0.4) is 0 Å². The van der Waals surface area contributed by atoms with Gasteiger partial charge in [-0.25, -0.2) is 0 Å². The van der Waals surface area contributed by atoms with Crippen molar-refractivity contribution in [1.29, 1.82) is 0 Å². The van der Waals surface area contributed by atoms with Crippen molar-refractivity contribution in [1.82, 2.24) is 0 Å². The minimum Gasteiger partial charge on any atom is -0.506 e. The fraction of sp³-hybridized carbons (Fsp3) is 0.200. The summed E-state index contributed by atoms with van der Waals surface area (Å²) in [6.45, 7) is 4.13. The van der Waals surface area contributed by atoms with Crippen LogP contribution in [0, 0.1) is 13.8 Å². The summed E-state index contributed by atoms with van der Waals surface area (Å²) in [5.74, 6) is 0.0314. The number of hydrogen-bond acceptors (Lipinski definition) is 1. The zero-order valence-corrected chi connectivity index (χ0v) is 11.8. The predicted octanol–water partition coefficient (Wildman–Crippen LogP) is 4.91. The molecule has 0 aliphatic rings. The van der Waals surface area contributed by atoms with Crippen LogP contribution >= 0.6 is 23.2 Å². The molecule has 94 valence electrons. The third kappa shape index (κ3) is 2.80. The van der Waals surface area contributed by atoms with Crippen LogP contribution in [0.15, 0.2) is 30.3 Å². The normalized spacial score (nSPS) is 10.7. The Kier molecular flexibility index (Phi) is 3.84. The van der Waals surface area contributed by atoms with Gasteiger partial charge in [-0.3, -0.25) is 0 Å². The van der Waals surface area contributed by atoms with Crippen LogP contribution < -0.4 is 0 Å². The van der Waals surface area contributed by atoms with Crippen LogP contribution in [0.1, 0.15) is 22.3 Å². The molecule has 0 atom stereocenters. The average molecular weight is 281 g/mol. The van der Waals surface area contributed by atoms with E-state index in [1.807, 2.05) is 0 Å². The minimum atomic E-state index is 0.0314. The summed E-state index contributed by atoms with van der Waals surface area (Å²) in [6, 6.07) is 9.53. The molecular weight excluding hydrogens is 267 g/mol. The highest BCUT2D eigenvalue weighted by atomic mass is 35.5. The number of benzene rings is 2. The van der Waals surface area contributed by atoms with Crippen molar-refractivity contribution in [3.63, 3.8) is 0 Å². The van der Waals surface area contributed by atoms with Gasteiger partial charge in [-0.2, -0.15) is 0 Å². The van der Waals surface area contributed by atoms with Gasteiger partial charge >= 0.3 is 0 Å². The topological polar surface area (TPSA) is 20.2 Å². The Morgan fingerprint density at radius 2 is 1.72 bits per heavy atom. The Morgan fingerprint density at radius 3 is 2.39 bits per heavy atom. The fourth-order valence-electron chi connectivity index (χ4n) is 2.01. The van der Waals surface area contributed by atoms with Gasteiger partial charge in [0.25, 0.3) is 0 Å². The summed E-state index contributed by atoms with van der Waals surface area (Å²) in [5.41, 5.74) is 4.47. The van der Waals surface area contributed by atoms with Gasteiger partial charge in [0.1, 0.15) is 5.75 Å². The maximum atomic E-state index is 9.66. The molecule has 0 saturated heterocycles. The molecule has 2 aromatic rings. The first-order valence-electron chi connectivity index (χ1n) is 5.70. The third-order valence-electron chi connectivity index (χ3n) is 2.97. The van der Waals surface area contributed by atoms with Crippen molar-refractivity contribution in [3.8, 4) is 5.75 Å². The molecular formula is C15H14Cl2O. The third-order valence-corrected chi connectivity index (χ3v) is 3.63. The summed E-state index contributed by atoms with van der Waals surface area (Å²) < 4.78 is 0. The standard InChI is InChI=1S/C15H14Cl2O/c1-9-3-4-11(10(2)5-9)6-12-7-13(16)8-14(18)15(12)17/h3-5,7-8,18H,6H2,1-2H3. The lowest BCUT2D eigenvalue weighted by atomic mass is 9.99. The quantitative estimate of drug-likeness (QED) is 0.829. The van der Waals surface area contributed by atoms with Crippen LogP contribution in [-0.2, 0) is 6.42 Å². The molecule has 18 heavy (non-hydrogen) atoms. The summed E-state index contributed by atoms with van der Waals surface area (Å²) in [6.07, 6.45) is 0.666. The Bertz CT molecular complexity index is 591. The van der Waals surface area contributed by atoms with Gasteiger partial charge in [-0.05, 0) is 43.0 Å². The molecule has 3 heteroatoms. The second kappa shape index (κ2) is 5.21. The smallest absolute Gasteiger partial charge is 0.135 e. The van der Waals surface area contributed by atoms with Gasteiger partial charge in [0, 0.05) is 11.1 Å². The first-order chi connectivity index (χ1) is 8.47. The molecule has 0 aliphatic heterocycles. The average Bonchev–Trinajstić information content (AvgIpc) is 2.29. The van der Waals surface area contributed by atoms with Crippen molar-refractivity contribution < 1.29 is 5.11 Å². The van der Waals surface area contributed by atoms with E-state index < -0.39 is 0 Å². The molecule has 0 unspecified atom stereocenters. The number of halogens is 2. The molecule has 0 spiro atoms. The van der Waals surface area contributed by atoms with Crippen molar-refractivity contribution in [2.45, 2.75) is 20.3 Å². The molecule has 0 aromatic heterocycles. The summed E-state index contributed by atoms with van der Waals surface area (Å²) in [5, 5.41) is 10.5. The van der Waals surface area contributed by atoms with Gasteiger partial charge in [-0.15, -0.1) is 0 Å². The minimum absolute atomic E-state index is 0.0314.